The Morgan fingerprint density at radius 3 is 2.31 bits per heavy atom. The Kier molecular flexibility index (Phi) is 3.98. The Balaban J connectivity index is 3.02. The van der Waals surface area contributed by atoms with Crippen LogP contribution < -0.4 is 10.6 Å². The number of nitrogens with one attached hydrogen (secondary N) is 2. The van der Waals surface area contributed by atoms with E-state index in [0.29, 0.717) is 13.1 Å². The zero-order chi connectivity index (χ0) is 12.1. The van der Waals surface area contributed by atoms with Crippen molar-refractivity contribution in [1.29, 1.82) is 0 Å². The summed E-state index contributed by atoms with van der Waals surface area (Å²) in [5, 5.41) is 12.5. The minimum absolute atomic E-state index is 0.0512. The summed E-state index contributed by atoms with van der Waals surface area (Å²) >= 11 is 0. The molecule has 2 amide bonds. The fourth-order valence-corrected chi connectivity index (χ4v) is 1.25. The molecular formula is C9H15N5O2. The molecule has 0 aliphatic carbocycles. The van der Waals surface area contributed by atoms with Crippen LogP contribution in [0.3, 0.4) is 0 Å². The summed E-state index contributed by atoms with van der Waals surface area (Å²) in [4.78, 5) is 23.2. The van der Waals surface area contributed by atoms with E-state index in [4.69, 9.17) is 0 Å². The minimum atomic E-state index is -0.392. The van der Waals surface area contributed by atoms with Crippen LogP contribution in [0.5, 0.6) is 0 Å². The Labute approximate surface area is 93.2 Å². The number of amides is 2. The van der Waals surface area contributed by atoms with Crippen molar-refractivity contribution < 1.29 is 9.59 Å². The van der Waals surface area contributed by atoms with Crippen LogP contribution in [0.25, 0.3) is 0 Å². The summed E-state index contributed by atoms with van der Waals surface area (Å²) in [5.74, 6) is -0.742. The molecule has 88 valence electrons. The van der Waals surface area contributed by atoms with E-state index >= 15 is 0 Å². The van der Waals surface area contributed by atoms with Gasteiger partial charge >= 0.3 is 0 Å². The van der Waals surface area contributed by atoms with Gasteiger partial charge in [0.2, 0.25) is 0 Å². The van der Waals surface area contributed by atoms with Crippen molar-refractivity contribution in [3.63, 3.8) is 0 Å². The van der Waals surface area contributed by atoms with Gasteiger partial charge < -0.3 is 10.6 Å². The molecule has 1 heterocycles. The minimum Gasteiger partial charge on any atom is -0.351 e. The van der Waals surface area contributed by atoms with Gasteiger partial charge in [-0.15, -0.1) is 5.10 Å². The standard InChI is InChI=1S/C9H15N5O2/c1-4-10-8(15)6-7(9(16)11-5-2)14(3)13-12-6/h4-5H2,1-3H3,(H,10,15)(H,11,16). The highest BCUT2D eigenvalue weighted by atomic mass is 16.2. The van der Waals surface area contributed by atoms with Crippen molar-refractivity contribution in [2.24, 2.45) is 7.05 Å². The molecule has 1 aromatic heterocycles. The van der Waals surface area contributed by atoms with Gasteiger partial charge in [0, 0.05) is 20.1 Å². The number of aryl methyl sites for hydroxylation is 1. The first kappa shape index (κ1) is 12.2. The molecule has 0 aromatic carbocycles. The summed E-state index contributed by atoms with van der Waals surface area (Å²) in [5.41, 5.74) is 0.225. The van der Waals surface area contributed by atoms with Crippen LogP contribution in [-0.4, -0.2) is 39.9 Å². The molecule has 16 heavy (non-hydrogen) atoms. The van der Waals surface area contributed by atoms with E-state index in [1.807, 2.05) is 0 Å². The topological polar surface area (TPSA) is 88.9 Å². The summed E-state index contributed by atoms with van der Waals surface area (Å²) in [6.07, 6.45) is 0. The Morgan fingerprint density at radius 1 is 1.19 bits per heavy atom. The molecule has 0 saturated carbocycles. The highest BCUT2D eigenvalue weighted by molar-refractivity contribution is 6.04. The molecule has 0 bridgehead atoms. The Hall–Kier alpha value is -1.92. The normalized spacial score (nSPS) is 9.94. The van der Waals surface area contributed by atoms with Crippen molar-refractivity contribution in [3.8, 4) is 0 Å². The fraction of sp³-hybridized carbons (Fsp3) is 0.556. The van der Waals surface area contributed by atoms with Crippen molar-refractivity contribution in [3.05, 3.63) is 11.4 Å². The first-order chi connectivity index (χ1) is 7.61. The van der Waals surface area contributed by atoms with Crippen LogP contribution in [0.1, 0.15) is 34.8 Å². The lowest BCUT2D eigenvalue weighted by Gasteiger charge is -2.04. The van der Waals surface area contributed by atoms with Gasteiger partial charge in [-0.05, 0) is 13.8 Å². The van der Waals surface area contributed by atoms with Crippen molar-refractivity contribution in [2.75, 3.05) is 13.1 Å². The van der Waals surface area contributed by atoms with Crippen LogP contribution in [0.4, 0.5) is 0 Å². The van der Waals surface area contributed by atoms with Crippen LogP contribution in [0.15, 0.2) is 0 Å². The van der Waals surface area contributed by atoms with Crippen molar-refractivity contribution in [1.82, 2.24) is 25.6 Å². The largest absolute Gasteiger partial charge is 0.351 e. The lowest BCUT2D eigenvalue weighted by Crippen LogP contribution is -2.30. The second-order valence-electron chi connectivity index (χ2n) is 3.13. The average Bonchev–Trinajstić information content (AvgIpc) is 2.61. The number of aromatic nitrogens is 3. The third-order valence-corrected chi connectivity index (χ3v) is 1.93. The average molecular weight is 225 g/mol. The SMILES string of the molecule is CCNC(=O)c1nnn(C)c1C(=O)NCC. The van der Waals surface area contributed by atoms with E-state index < -0.39 is 5.91 Å². The maximum Gasteiger partial charge on any atom is 0.274 e. The number of rotatable bonds is 4. The first-order valence-electron chi connectivity index (χ1n) is 5.07. The molecule has 0 atom stereocenters. The first-order valence-corrected chi connectivity index (χ1v) is 5.07. The molecule has 1 rings (SSSR count). The van der Waals surface area contributed by atoms with E-state index in [9.17, 15) is 9.59 Å². The molecule has 0 unspecified atom stereocenters. The number of carbonyl (C=O) groups excluding carboxylic acids is 2. The van der Waals surface area contributed by atoms with Gasteiger partial charge in [0.1, 0.15) is 0 Å². The molecular weight excluding hydrogens is 210 g/mol. The maximum atomic E-state index is 11.7. The summed E-state index contributed by atoms with van der Waals surface area (Å²) in [7, 11) is 1.57. The van der Waals surface area contributed by atoms with Gasteiger partial charge in [0.15, 0.2) is 11.4 Å². The molecule has 0 fully saturated rings. The molecule has 7 heteroatoms. The monoisotopic (exact) mass is 225 g/mol. The maximum absolute atomic E-state index is 11.7. The van der Waals surface area contributed by atoms with Gasteiger partial charge in [-0.1, -0.05) is 5.21 Å². The van der Waals surface area contributed by atoms with Gasteiger partial charge in [0.05, 0.1) is 0 Å². The number of hydrogen-bond acceptors (Lipinski definition) is 4. The zero-order valence-corrected chi connectivity index (χ0v) is 9.57. The third-order valence-electron chi connectivity index (χ3n) is 1.93. The second kappa shape index (κ2) is 5.24. The zero-order valence-electron chi connectivity index (χ0n) is 9.57. The van der Waals surface area contributed by atoms with Crippen LogP contribution in [-0.2, 0) is 7.05 Å². The smallest absolute Gasteiger partial charge is 0.274 e. The second-order valence-corrected chi connectivity index (χ2v) is 3.13. The molecule has 1 aromatic rings. The quantitative estimate of drug-likeness (QED) is 0.710. The molecule has 0 saturated heterocycles. The fourth-order valence-electron chi connectivity index (χ4n) is 1.25. The van der Waals surface area contributed by atoms with Crippen molar-refractivity contribution >= 4 is 11.8 Å². The van der Waals surface area contributed by atoms with Gasteiger partial charge in [-0.3, -0.25) is 9.59 Å². The molecule has 0 radical (unpaired) electrons. The molecule has 0 aliphatic rings. The van der Waals surface area contributed by atoms with Gasteiger partial charge in [-0.2, -0.15) is 0 Å². The van der Waals surface area contributed by atoms with E-state index in [1.54, 1.807) is 20.9 Å². The van der Waals surface area contributed by atoms with Crippen molar-refractivity contribution in [2.45, 2.75) is 13.8 Å². The third kappa shape index (κ3) is 2.36. The predicted molar refractivity (Wildman–Crippen MR) is 57.0 cm³/mol. The highest BCUT2D eigenvalue weighted by Crippen LogP contribution is 2.03. The highest BCUT2D eigenvalue weighted by Gasteiger charge is 2.22. The number of carbonyl (C=O) groups is 2. The van der Waals surface area contributed by atoms with E-state index in [2.05, 4.69) is 20.9 Å². The lowest BCUT2D eigenvalue weighted by molar-refractivity contribution is 0.0913. The van der Waals surface area contributed by atoms with Gasteiger partial charge in [0.25, 0.3) is 11.8 Å². The Bertz CT molecular complexity index is 399. The summed E-state index contributed by atoms with van der Waals surface area (Å²) in [6.45, 7) is 4.55. The molecule has 0 aliphatic heterocycles. The number of nitrogens with zero attached hydrogens (tertiary/aromatic N) is 3. The van der Waals surface area contributed by atoms with E-state index in [1.165, 1.54) is 4.68 Å². The van der Waals surface area contributed by atoms with Crippen LogP contribution in [0.2, 0.25) is 0 Å². The lowest BCUT2D eigenvalue weighted by atomic mass is 10.3. The summed E-state index contributed by atoms with van der Waals surface area (Å²) < 4.78 is 1.29. The van der Waals surface area contributed by atoms with Gasteiger partial charge in [-0.25, -0.2) is 4.68 Å². The van der Waals surface area contributed by atoms with Crippen LogP contribution in [0, 0.1) is 0 Å². The molecule has 7 nitrogen and oxygen atoms in total. The molecule has 0 spiro atoms. The number of hydrogen-bond donors (Lipinski definition) is 2. The van der Waals surface area contributed by atoms with E-state index in [0.717, 1.165) is 0 Å². The van der Waals surface area contributed by atoms with Crippen LogP contribution >= 0.6 is 0 Å². The Morgan fingerprint density at radius 2 is 1.75 bits per heavy atom. The summed E-state index contributed by atoms with van der Waals surface area (Å²) in [6, 6.07) is 0. The van der Waals surface area contributed by atoms with E-state index in [-0.39, 0.29) is 17.3 Å². The molecule has 2 N–H and O–H groups in total. The predicted octanol–water partition coefficient (Wildman–Crippen LogP) is -0.685.